The Balaban J connectivity index is 1.43. The maximum absolute atomic E-state index is 12.6. The van der Waals surface area contributed by atoms with Gasteiger partial charge in [-0.3, -0.25) is 0 Å². The van der Waals surface area contributed by atoms with Gasteiger partial charge in [-0.05, 0) is 68.3 Å². The summed E-state index contributed by atoms with van der Waals surface area (Å²) in [6, 6.07) is 18.1. The fraction of sp³-hybridized carbons (Fsp3) is 0.138. The van der Waals surface area contributed by atoms with Crippen molar-refractivity contribution in [2.45, 2.75) is 20.8 Å². The van der Waals surface area contributed by atoms with E-state index < -0.39 is 11.9 Å². The molecule has 1 aromatic heterocycles. The van der Waals surface area contributed by atoms with Crippen molar-refractivity contribution in [1.82, 2.24) is 0 Å². The molecule has 8 heteroatoms. The number of aryl methyl sites for hydroxylation is 2. The standard InChI is InChI=1S/C29H22ClNO5S/c1-4-34-23-15-18(8-12-22(23)35-28(32)19-9-5-16(2)6-10-19)14-21-29(33)36-27(31-21)26-25(30)20-11-7-17(3)13-24(20)37-26/h5-15H,4H2,1-3H3/b21-14+. The first-order valence-electron chi connectivity index (χ1n) is 11.6. The normalized spacial score (nSPS) is 14.1. The second-order valence-electron chi connectivity index (χ2n) is 8.48. The predicted molar refractivity (Wildman–Crippen MR) is 146 cm³/mol. The van der Waals surface area contributed by atoms with E-state index in [2.05, 4.69) is 4.99 Å². The lowest BCUT2D eigenvalue weighted by Gasteiger charge is -2.11. The lowest BCUT2D eigenvalue weighted by molar-refractivity contribution is -0.129. The third kappa shape index (κ3) is 5.14. The first-order chi connectivity index (χ1) is 17.8. The summed E-state index contributed by atoms with van der Waals surface area (Å²) in [5, 5.41) is 1.40. The summed E-state index contributed by atoms with van der Waals surface area (Å²) < 4.78 is 17.7. The SMILES string of the molecule is CCOc1cc(/C=C2/N=C(c3sc4cc(C)ccc4c3Cl)OC2=O)ccc1OC(=O)c1ccc(C)cc1. The first kappa shape index (κ1) is 24.7. The van der Waals surface area contributed by atoms with Crippen LogP contribution in [0, 0.1) is 13.8 Å². The van der Waals surface area contributed by atoms with E-state index in [0.717, 1.165) is 21.2 Å². The Labute approximate surface area is 222 Å². The Hall–Kier alpha value is -3.94. The van der Waals surface area contributed by atoms with E-state index in [0.29, 0.717) is 33.4 Å². The van der Waals surface area contributed by atoms with E-state index in [9.17, 15) is 9.59 Å². The molecule has 0 radical (unpaired) electrons. The third-order valence-corrected chi connectivity index (χ3v) is 7.31. The third-order valence-electron chi connectivity index (χ3n) is 5.66. The number of halogens is 1. The number of carbonyl (C=O) groups is 2. The van der Waals surface area contributed by atoms with Crippen LogP contribution in [-0.2, 0) is 9.53 Å². The molecule has 1 aliphatic rings. The highest BCUT2D eigenvalue weighted by Crippen LogP contribution is 2.38. The van der Waals surface area contributed by atoms with Crippen LogP contribution < -0.4 is 9.47 Å². The van der Waals surface area contributed by atoms with Gasteiger partial charge in [0.25, 0.3) is 0 Å². The number of carbonyl (C=O) groups excluding carboxylic acids is 2. The lowest BCUT2D eigenvalue weighted by atomic mass is 10.1. The minimum Gasteiger partial charge on any atom is -0.490 e. The molecule has 0 unspecified atom stereocenters. The smallest absolute Gasteiger partial charge is 0.363 e. The molecule has 0 bridgehead atoms. The number of thiophene rings is 1. The number of aliphatic imine (C=N–C) groups is 1. The quantitative estimate of drug-likeness (QED) is 0.150. The number of benzene rings is 3. The molecule has 0 saturated heterocycles. The largest absolute Gasteiger partial charge is 0.490 e. The summed E-state index contributed by atoms with van der Waals surface area (Å²) in [4.78, 5) is 30.2. The summed E-state index contributed by atoms with van der Waals surface area (Å²) in [5.74, 6) is -0.242. The predicted octanol–water partition coefficient (Wildman–Crippen LogP) is 7.13. The van der Waals surface area contributed by atoms with Crippen molar-refractivity contribution in [3.63, 3.8) is 0 Å². The zero-order chi connectivity index (χ0) is 26.1. The highest BCUT2D eigenvalue weighted by Gasteiger charge is 2.28. The monoisotopic (exact) mass is 531 g/mol. The molecule has 0 amide bonds. The van der Waals surface area contributed by atoms with Gasteiger partial charge in [0.15, 0.2) is 17.2 Å². The number of hydrogen-bond acceptors (Lipinski definition) is 7. The van der Waals surface area contributed by atoms with Crippen LogP contribution in [-0.4, -0.2) is 24.4 Å². The maximum Gasteiger partial charge on any atom is 0.363 e. The molecule has 5 rings (SSSR count). The topological polar surface area (TPSA) is 74.2 Å². The maximum atomic E-state index is 12.6. The molecule has 3 aromatic carbocycles. The summed E-state index contributed by atoms with van der Waals surface area (Å²) in [6.07, 6.45) is 1.59. The number of cyclic esters (lactones) is 1. The number of esters is 2. The molecule has 1 aliphatic heterocycles. The van der Waals surface area contributed by atoms with E-state index in [-0.39, 0.29) is 17.3 Å². The van der Waals surface area contributed by atoms with Crippen LogP contribution in [0.4, 0.5) is 0 Å². The van der Waals surface area contributed by atoms with Crippen molar-refractivity contribution >= 4 is 56.9 Å². The van der Waals surface area contributed by atoms with Gasteiger partial charge in [0.2, 0.25) is 5.90 Å². The van der Waals surface area contributed by atoms with Crippen LogP contribution in [0.5, 0.6) is 11.5 Å². The summed E-state index contributed by atoms with van der Waals surface area (Å²) in [5.41, 5.74) is 3.36. The molecular weight excluding hydrogens is 510 g/mol. The van der Waals surface area contributed by atoms with E-state index >= 15 is 0 Å². The zero-order valence-corrected chi connectivity index (χ0v) is 21.9. The molecule has 0 fully saturated rings. The van der Waals surface area contributed by atoms with Crippen molar-refractivity contribution < 1.29 is 23.8 Å². The summed E-state index contributed by atoms with van der Waals surface area (Å²) in [7, 11) is 0. The van der Waals surface area contributed by atoms with Gasteiger partial charge in [0.1, 0.15) is 4.88 Å². The van der Waals surface area contributed by atoms with Crippen LogP contribution >= 0.6 is 22.9 Å². The Morgan fingerprint density at radius 1 is 1.03 bits per heavy atom. The Bertz CT molecular complexity index is 1600. The van der Waals surface area contributed by atoms with Crippen molar-refractivity contribution in [2.75, 3.05) is 6.61 Å². The molecule has 4 aromatic rings. The number of fused-ring (bicyclic) bond motifs is 1. The van der Waals surface area contributed by atoms with Gasteiger partial charge in [-0.1, -0.05) is 47.5 Å². The van der Waals surface area contributed by atoms with Gasteiger partial charge < -0.3 is 14.2 Å². The first-order valence-corrected chi connectivity index (χ1v) is 12.8. The minimum absolute atomic E-state index is 0.131. The Morgan fingerprint density at radius 3 is 2.54 bits per heavy atom. The highest BCUT2D eigenvalue weighted by atomic mass is 35.5. The molecule has 0 atom stereocenters. The zero-order valence-electron chi connectivity index (χ0n) is 20.3. The Morgan fingerprint density at radius 2 is 1.78 bits per heavy atom. The molecule has 0 N–H and O–H groups in total. The Kier molecular flexibility index (Phi) is 6.82. The number of nitrogens with zero attached hydrogens (tertiary/aromatic N) is 1. The second kappa shape index (κ2) is 10.2. The molecular formula is C29H22ClNO5S. The summed E-state index contributed by atoms with van der Waals surface area (Å²) in [6.45, 7) is 6.15. The number of rotatable bonds is 6. The average molecular weight is 532 g/mol. The number of ether oxygens (including phenoxy) is 3. The van der Waals surface area contributed by atoms with Crippen molar-refractivity contribution in [3.05, 3.63) is 98.5 Å². The van der Waals surface area contributed by atoms with Gasteiger partial charge in [0.05, 0.1) is 17.2 Å². The number of hydrogen-bond donors (Lipinski definition) is 0. The fourth-order valence-electron chi connectivity index (χ4n) is 3.79. The van der Waals surface area contributed by atoms with Crippen LogP contribution in [0.25, 0.3) is 16.2 Å². The molecule has 186 valence electrons. The van der Waals surface area contributed by atoms with Gasteiger partial charge in [-0.15, -0.1) is 11.3 Å². The van der Waals surface area contributed by atoms with Crippen molar-refractivity contribution in [3.8, 4) is 11.5 Å². The van der Waals surface area contributed by atoms with Gasteiger partial charge in [-0.2, -0.15) is 0 Å². The average Bonchev–Trinajstić information content (AvgIpc) is 3.39. The van der Waals surface area contributed by atoms with E-state index in [4.69, 9.17) is 25.8 Å². The van der Waals surface area contributed by atoms with Crippen molar-refractivity contribution in [2.24, 2.45) is 4.99 Å². The molecule has 0 aliphatic carbocycles. The fourth-order valence-corrected chi connectivity index (χ4v) is 5.33. The molecule has 2 heterocycles. The van der Waals surface area contributed by atoms with Crippen LogP contribution in [0.15, 0.2) is 71.4 Å². The summed E-state index contributed by atoms with van der Waals surface area (Å²) >= 11 is 8.00. The molecule has 0 spiro atoms. The molecule has 0 saturated carbocycles. The van der Waals surface area contributed by atoms with E-state index in [1.807, 2.05) is 51.1 Å². The van der Waals surface area contributed by atoms with Gasteiger partial charge >= 0.3 is 11.9 Å². The van der Waals surface area contributed by atoms with Gasteiger partial charge in [0, 0.05) is 10.1 Å². The molecule has 37 heavy (non-hydrogen) atoms. The second-order valence-corrected chi connectivity index (χ2v) is 9.91. The highest BCUT2D eigenvalue weighted by molar-refractivity contribution is 7.21. The van der Waals surface area contributed by atoms with E-state index in [1.54, 1.807) is 36.4 Å². The van der Waals surface area contributed by atoms with Crippen molar-refractivity contribution in [1.29, 1.82) is 0 Å². The molecule has 6 nitrogen and oxygen atoms in total. The van der Waals surface area contributed by atoms with Crippen LogP contribution in [0.2, 0.25) is 5.02 Å². The lowest BCUT2D eigenvalue weighted by Crippen LogP contribution is -2.09. The van der Waals surface area contributed by atoms with Crippen LogP contribution in [0.1, 0.15) is 38.8 Å². The van der Waals surface area contributed by atoms with Crippen LogP contribution in [0.3, 0.4) is 0 Å². The minimum atomic E-state index is -0.576. The van der Waals surface area contributed by atoms with Gasteiger partial charge in [-0.25, -0.2) is 14.6 Å². The van der Waals surface area contributed by atoms with E-state index in [1.165, 1.54) is 11.3 Å².